The molecule has 0 aromatic carbocycles. The van der Waals surface area contributed by atoms with Crippen LogP contribution in [0.5, 0.6) is 0 Å². The van der Waals surface area contributed by atoms with Gasteiger partial charge in [-0.25, -0.2) is 0 Å². The minimum atomic E-state index is -0.584. The molecule has 1 amide bonds. The summed E-state index contributed by atoms with van der Waals surface area (Å²) in [5.41, 5.74) is 5.61. The molecule has 1 rings (SSSR count). The molecule has 5 nitrogen and oxygen atoms in total. The fourth-order valence-corrected chi connectivity index (χ4v) is 1.76. The Morgan fingerprint density at radius 3 is 2.69 bits per heavy atom. The monoisotopic (exact) mass is 229 g/mol. The topological polar surface area (TPSA) is 78.6 Å². The first kappa shape index (κ1) is 13.4. The third-order valence-corrected chi connectivity index (χ3v) is 3.01. The lowest BCUT2D eigenvalue weighted by atomic mass is 10.2. The van der Waals surface area contributed by atoms with Crippen LogP contribution in [0.3, 0.4) is 0 Å². The Kier molecular flexibility index (Phi) is 5.73. The fourth-order valence-electron chi connectivity index (χ4n) is 1.76. The molecule has 94 valence electrons. The molecule has 2 unspecified atom stereocenters. The van der Waals surface area contributed by atoms with Crippen molar-refractivity contribution in [1.29, 1.82) is 0 Å². The van der Waals surface area contributed by atoms with Crippen molar-refractivity contribution in [2.45, 2.75) is 38.3 Å². The maximum atomic E-state index is 11.5. The molecular weight excluding hydrogens is 206 g/mol. The third kappa shape index (κ3) is 4.92. The molecule has 1 saturated heterocycles. The smallest absolute Gasteiger partial charge is 0.221 e. The van der Waals surface area contributed by atoms with Gasteiger partial charge < -0.3 is 21.1 Å². The number of rotatable bonds is 6. The maximum absolute atomic E-state index is 11.5. The van der Waals surface area contributed by atoms with Crippen LogP contribution in [0.1, 0.15) is 26.2 Å². The molecule has 4 N–H and O–H groups in total. The number of aliphatic hydroxyl groups is 1. The Morgan fingerprint density at radius 2 is 2.12 bits per heavy atom. The SMILES string of the molecule is CC(O)C(N)CNC(=O)CCN1CCCC1. The number of nitrogens with zero attached hydrogens (tertiary/aromatic N) is 1. The van der Waals surface area contributed by atoms with Crippen molar-refractivity contribution in [2.24, 2.45) is 5.73 Å². The second-order valence-corrected chi connectivity index (χ2v) is 4.51. The molecule has 2 atom stereocenters. The number of amides is 1. The van der Waals surface area contributed by atoms with E-state index in [1.807, 2.05) is 0 Å². The molecule has 0 aliphatic carbocycles. The largest absolute Gasteiger partial charge is 0.392 e. The van der Waals surface area contributed by atoms with Gasteiger partial charge in [0.25, 0.3) is 0 Å². The lowest BCUT2D eigenvalue weighted by Crippen LogP contribution is -2.44. The van der Waals surface area contributed by atoms with Crippen LogP contribution in [0.15, 0.2) is 0 Å². The van der Waals surface area contributed by atoms with Crippen molar-refractivity contribution in [3.63, 3.8) is 0 Å². The summed E-state index contributed by atoms with van der Waals surface area (Å²) < 4.78 is 0. The van der Waals surface area contributed by atoms with Gasteiger partial charge in [0, 0.05) is 25.6 Å². The van der Waals surface area contributed by atoms with E-state index in [-0.39, 0.29) is 11.9 Å². The van der Waals surface area contributed by atoms with E-state index in [0.717, 1.165) is 19.6 Å². The van der Waals surface area contributed by atoms with E-state index in [2.05, 4.69) is 10.2 Å². The van der Waals surface area contributed by atoms with Gasteiger partial charge in [0.05, 0.1) is 6.10 Å². The number of hydrogen-bond acceptors (Lipinski definition) is 4. The zero-order valence-corrected chi connectivity index (χ0v) is 9.98. The molecule has 0 bridgehead atoms. The van der Waals surface area contributed by atoms with E-state index in [0.29, 0.717) is 13.0 Å². The van der Waals surface area contributed by atoms with Crippen LogP contribution in [-0.2, 0) is 4.79 Å². The van der Waals surface area contributed by atoms with Crippen molar-refractivity contribution >= 4 is 5.91 Å². The molecule has 0 saturated carbocycles. The predicted molar refractivity (Wildman–Crippen MR) is 63.0 cm³/mol. The Labute approximate surface area is 97.0 Å². The summed E-state index contributed by atoms with van der Waals surface area (Å²) in [5.74, 6) is 0.0167. The highest BCUT2D eigenvalue weighted by atomic mass is 16.3. The average molecular weight is 229 g/mol. The second kappa shape index (κ2) is 6.83. The summed E-state index contributed by atoms with van der Waals surface area (Å²) >= 11 is 0. The Balaban J connectivity index is 2.06. The number of carbonyl (C=O) groups is 1. The predicted octanol–water partition coefficient (Wildman–Crippen LogP) is -0.703. The van der Waals surface area contributed by atoms with Crippen molar-refractivity contribution < 1.29 is 9.90 Å². The number of hydrogen-bond donors (Lipinski definition) is 3. The Morgan fingerprint density at radius 1 is 1.50 bits per heavy atom. The fraction of sp³-hybridized carbons (Fsp3) is 0.909. The molecule has 1 fully saturated rings. The Bertz CT molecular complexity index is 207. The van der Waals surface area contributed by atoms with Crippen molar-refractivity contribution in [1.82, 2.24) is 10.2 Å². The van der Waals surface area contributed by atoms with Gasteiger partial charge in [-0.15, -0.1) is 0 Å². The second-order valence-electron chi connectivity index (χ2n) is 4.51. The summed E-state index contributed by atoms with van der Waals surface area (Å²) in [7, 11) is 0. The highest BCUT2D eigenvalue weighted by Gasteiger charge is 2.14. The van der Waals surface area contributed by atoms with E-state index in [1.165, 1.54) is 12.8 Å². The van der Waals surface area contributed by atoms with Crippen LogP contribution in [-0.4, -0.2) is 54.2 Å². The van der Waals surface area contributed by atoms with Crippen molar-refractivity contribution in [2.75, 3.05) is 26.2 Å². The van der Waals surface area contributed by atoms with Gasteiger partial charge in [-0.05, 0) is 32.9 Å². The van der Waals surface area contributed by atoms with E-state index in [9.17, 15) is 4.79 Å². The van der Waals surface area contributed by atoms with Crippen LogP contribution >= 0.6 is 0 Å². The molecule has 5 heteroatoms. The van der Waals surface area contributed by atoms with Gasteiger partial charge >= 0.3 is 0 Å². The molecule has 0 radical (unpaired) electrons. The summed E-state index contributed by atoms with van der Waals surface area (Å²) in [4.78, 5) is 13.8. The first-order chi connectivity index (χ1) is 7.59. The Hall–Kier alpha value is -0.650. The lowest BCUT2D eigenvalue weighted by Gasteiger charge is -2.17. The number of nitrogens with two attached hydrogens (primary N) is 1. The van der Waals surface area contributed by atoms with Crippen LogP contribution in [0.2, 0.25) is 0 Å². The van der Waals surface area contributed by atoms with Gasteiger partial charge in [-0.2, -0.15) is 0 Å². The van der Waals surface area contributed by atoms with Crippen molar-refractivity contribution in [3.8, 4) is 0 Å². The molecule has 0 aromatic rings. The summed E-state index contributed by atoms with van der Waals surface area (Å²) in [6, 6.07) is -0.379. The highest BCUT2D eigenvalue weighted by Crippen LogP contribution is 2.07. The van der Waals surface area contributed by atoms with E-state index >= 15 is 0 Å². The maximum Gasteiger partial charge on any atom is 0.221 e. The van der Waals surface area contributed by atoms with E-state index in [1.54, 1.807) is 6.92 Å². The molecule has 0 spiro atoms. The minimum absolute atomic E-state index is 0.0167. The van der Waals surface area contributed by atoms with Crippen LogP contribution in [0.4, 0.5) is 0 Å². The average Bonchev–Trinajstić information content (AvgIpc) is 2.75. The van der Waals surface area contributed by atoms with E-state index in [4.69, 9.17) is 10.8 Å². The molecule has 16 heavy (non-hydrogen) atoms. The van der Waals surface area contributed by atoms with Crippen LogP contribution in [0, 0.1) is 0 Å². The molecule has 1 aliphatic rings. The van der Waals surface area contributed by atoms with Crippen molar-refractivity contribution in [3.05, 3.63) is 0 Å². The normalized spacial score (nSPS) is 20.7. The third-order valence-electron chi connectivity index (χ3n) is 3.01. The first-order valence-corrected chi connectivity index (χ1v) is 6.02. The number of nitrogens with one attached hydrogen (secondary N) is 1. The molecule has 0 aromatic heterocycles. The summed E-state index contributed by atoms with van der Waals surface area (Å²) in [5, 5.41) is 11.9. The zero-order valence-electron chi connectivity index (χ0n) is 9.98. The quantitative estimate of drug-likeness (QED) is 0.562. The van der Waals surface area contributed by atoms with Gasteiger partial charge in [-0.3, -0.25) is 4.79 Å². The molecule has 1 aliphatic heterocycles. The standard InChI is InChI=1S/C11H23N3O2/c1-9(15)10(12)8-13-11(16)4-7-14-5-2-3-6-14/h9-10,15H,2-8,12H2,1H3,(H,13,16). The van der Waals surface area contributed by atoms with Crippen LogP contribution < -0.4 is 11.1 Å². The van der Waals surface area contributed by atoms with Gasteiger partial charge in [0.1, 0.15) is 0 Å². The van der Waals surface area contributed by atoms with Crippen LogP contribution in [0.25, 0.3) is 0 Å². The highest BCUT2D eigenvalue weighted by molar-refractivity contribution is 5.76. The molecule has 1 heterocycles. The van der Waals surface area contributed by atoms with Gasteiger partial charge in [0.2, 0.25) is 5.91 Å². The number of carbonyl (C=O) groups excluding carboxylic acids is 1. The van der Waals surface area contributed by atoms with E-state index < -0.39 is 6.10 Å². The minimum Gasteiger partial charge on any atom is -0.392 e. The summed E-state index contributed by atoms with van der Waals surface area (Å²) in [6.07, 6.45) is 2.43. The first-order valence-electron chi connectivity index (χ1n) is 6.02. The number of aliphatic hydroxyl groups excluding tert-OH is 1. The van der Waals surface area contributed by atoms with Gasteiger partial charge in [0.15, 0.2) is 0 Å². The lowest BCUT2D eigenvalue weighted by molar-refractivity contribution is -0.121. The van der Waals surface area contributed by atoms with Gasteiger partial charge in [-0.1, -0.05) is 0 Å². The zero-order chi connectivity index (χ0) is 12.0. The summed E-state index contributed by atoms with van der Waals surface area (Å²) in [6.45, 7) is 5.02. The number of likely N-dealkylation sites (tertiary alicyclic amines) is 1. The molecular formula is C11H23N3O2.